The molecule has 0 radical (unpaired) electrons. The molecule has 3 nitrogen and oxygen atoms in total. The molecule has 0 saturated heterocycles. The van der Waals surface area contributed by atoms with Gasteiger partial charge in [0.05, 0.1) is 12.7 Å². The molecule has 1 saturated carbocycles. The average Bonchev–Trinajstić information content (AvgIpc) is 2.93. The molecule has 110 valence electrons. The van der Waals surface area contributed by atoms with Crippen LogP contribution < -0.4 is 5.32 Å². The predicted molar refractivity (Wildman–Crippen MR) is 84.2 cm³/mol. The largest absolute Gasteiger partial charge is 0.465 e. The highest BCUT2D eigenvalue weighted by Crippen LogP contribution is 2.29. The lowest BCUT2D eigenvalue weighted by Gasteiger charge is -2.14. The zero-order chi connectivity index (χ0) is 14.4. The van der Waals surface area contributed by atoms with Crippen molar-refractivity contribution in [3.63, 3.8) is 0 Å². The summed E-state index contributed by atoms with van der Waals surface area (Å²) in [6, 6.07) is 8.23. The molecule has 1 aromatic carbocycles. The molecule has 1 aliphatic rings. The molecule has 20 heavy (non-hydrogen) atoms. The maximum absolute atomic E-state index is 11.7. The molecule has 0 aliphatic heterocycles. The summed E-state index contributed by atoms with van der Waals surface area (Å²) in [5.41, 5.74) is 1.69. The van der Waals surface area contributed by atoms with E-state index in [-0.39, 0.29) is 5.97 Å². The van der Waals surface area contributed by atoms with Crippen LogP contribution in [0.25, 0.3) is 0 Å². The first-order chi connectivity index (χ1) is 9.74. The van der Waals surface area contributed by atoms with Crippen molar-refractivity contribution in [3.8, 4) is 0 Å². The highest BCUT2D eigenvalue weighted by molar-refractivity contribution is 7.99. The zero-order valence-corrected chi connectivity index (χ0v) is 13.0. The number of thioether (sulfide) groups is 1. The van der Waals surface area contributed by atoms with Gasteiger partial charge in [-0.15, -0.1) is 0 Å². The number of hydrogen-bond acceptors (Lipinski definition) is 4. The van der Waals surface area contributed by atoms with Crippen LogP contribution >= 0.6 is 11.8 Å². The minimum Gasteiger partial charge on any atom is -0.465 e. The Kier molecular flexibility index (Phi) is 5.92. The summed E-state index contributed by atoms with van der Waals surface area (Å²) in [4.78, 5) is 11.7. The number of benzene rings is 1. The van der Waals surface area contributed by atoms with E-state index < -0.39 is 0 Å². The van der Waals surface area contributed by atoms with Crippen LogP contribution in [0.5, 0.6) is 0 Å². The highest BCUT2D eigenvalue weighted by Gasteiger charge is 2.24. The van der Waals surface area contributed by atoms with Crippen molar-refractivity contribution >= 4 is 17.7 Å². The van der Waals surface area contributed by atoms with Gasteiger partial charge in [0.15, 0.2) is 0 Å². The summed E-state index contributed by atoms with van der Waals surface area (Å²) >= 11 is 2.06. The van der Waals surface area contributed by atoms with Gasteiger partial charge in [-0.3, -0.25) is 0 Å². The van der Waals surface area contributed by atoms with Crippen molar-refractivity contribution in [2.24, 2.45) is 0 Å². The molecular weight excluding hydrogens is 270 g/mol. The molecule has 1 aliphatic carbocycles. The summed E-state index contributed by atoms with van der Waals surface area (Å²) in [6.07, 6.45) is 3.77. The number of nitrogens with one attached hydrogen (secondary N) is 1. The van der Waals surface area contributed by atoms with E-state index in [4.69, 9.17) is 4.74 Å². The topological polar surface area (TPSA) is 38.3 Å². The third kappa shape index (κ3) is 4.00. The quantitative estimate of drug-likeness (QED) is 0.817. The van der Waals surface area contributed by atoms with Crippen molar-refractivity contribution in [2.75, 3.05) is 12.9 Å². The molecule has 2 unspecified atom stereocenters. The second-order valence-corrected chi connectivity index (χ2v) is 6.69. The fourth-order valence-corrected chi connectivity index (χ4v) is 3.89. The minimum atomic E-state index is -0.256. The summed E-state index contributed by atoms with van der Waals surface area (Å²) in [7, 11) is 1.43. The monoisotopic (exact) mass is 293 g/mol. The predicted octanol–water partition coefficient (Wildman–Crippen LogP) is 3.24. The van der Waals surface area contributed by atoms with Crippen LogP contribution in [-0.2, 0) is 11.3 Å². The molecule has 0 amide bonds. The van der Waals surface area contributed by atoms with Crippen molar-refractivity contribution < 1.29 is 9.53 Å². The van der Waals surface area contributed by atoms with Crippen LogP contribution in [0.4, 0.5) is 0 Å². The van der Waals surface area contributed by atoms with E-state index >= 15 is 0 Å². The molecular formula is C16H23NO2S. The molecule has 4 heteroatoms. The Labute approximate surface area is 125 Å². The molecule has 1 aromatic rings. The lowest BCUT2D eigenvalue weighted by atomic mass is 10.1. The Bertz CT molecular complexity index is 450. The fourth-order valence-electron chi connectivity index (χ4n) is 2.75. The summed E-state index contributed by atoms with van der Waals surface area (Å²) in [5.74, 6) is 0.941. The number of esters is 1. The van der Waals surface area contributed by atoms with Crippen LogP contribution in [-0.4, -0.2) is 30.1 Å². The van der Waals surface area contributed by atoms with Crippen molar-refractivity contribution in [1.29, 1.82) is 0 Å². The van der Waals surface area contributed by atoms with E-state index in [0.29, 0.717) is 11.6 Å². The van der Waals surface area contributed by atoms with E-state index in [2.05, 4.69) is 24.0 Å². The van der Waals surface area contributed by atoms with E-state index in [1.807, 2.05) is 24.3 Å². The van der Waals surface area contributed by atoms with E-state index in [1.165, 1.54) is 32.1 Å². The number of rotatable bonds is 6. The van der Waals surface area contributed by atoms with Gasteiger partial charge in [-0.2, -0.15) is 11.8 Å². The molecule has 0 spiro atoms. The maximum atomic E-state index is 11.7. The fraction of sp³-hybridized carbons (Fsp3) is 0.562. The third-order valence-corrected chi connectivity index (χ3v) is 5.02. The normalized spacial score (nSPS) is 21.9. The van der Waals surface area contributed by atoms with Gasteiger partial charge in [0.25, 0.3) is 0 Å². The number of methoxy groups -OCH3 is 1. The zero-order valence-electron chi connectivity index (χ0n) is 12.2. The van der Waals surface area contributed by atoms with E-state index in [0.717, 1.165) is 17.4 Å². The van der Waals surface area contributed by atoms with Gasteiger partial charge >= 0.3 is 5.97 Å². The Morgan fingerprint density at radius 1 is 1.40 bits per heavy atom. The summed E-state index contributed by atoms with van der Waals surface area (Å²) in [6.45, 7) is 2.96. The molecule has 2 atom stereocenters. The lowest BCUT2D eigenvalue weighted by molar-refractivity contribution is 0.0599. The number of carbonyl (C=O) groups is 1. The van der Waals surface area contributed by atoms with Gasteiger partial charge in [0, 0.05) is 17.8 Å². The van der Waals surface area contributed by atoms with Crippen LogP contribution in [0.3, 0.4) is 0 Å². The second kappa shape index (κ2) is 7.70. The van der Waals surface area contributed by atoms with Crippen molar-refractivity contribution in [3.05, 3.63) is 35.4 Å². The summed E-state index contributed by atoms with van der Waals surface area (Å²) < 4.78 is 4.83. The average molecular weight is 293 g/mol. The van der Waals surface area contributed by atoms with Gasteiger partial charge < -0.3 is 10.1 Å². The molecule has 0 bridgehead atoms. The lowest BCUT2D eigenvalue weighted by Crippen LogP contribution is -2.27. The second-order valence-electron chi connectivity index (χ2n) is 5.12. The Balaban J connectivity index is 1.90. The minimum absolute atomic E-state index is 0.256. The van der Waals surface area contributed by atoms with Crippen LogP contribution in [0.2, 0.25) is 0 Å². The number of carbonyl (C=O) groups excluding carboxylic acids is 1. The maximum Gasteiger partial charge on any atom is 0.338 e. The van der Waals surface area contributed by atoms with Gasteiger partial charge in [0.2, 0.25) is 0 Å². The first-order valence-corrected chi connectivity index (χ1v) is 8.30. The highest BCUT2D eigenvalue weighted by atomic mass is 32.2. The summed E-state index contributed by atoms with van der Waals surface area (Å²) in [5, 5.41) is 4.38. The van der Waals surface area contributed by atoms with E-state index in [1.54, 1.807) is 0 Å². The van der Waals surface area contributed by atoms with Crippen LogP contribution in [0, 0.1) is 0 Å². The SMILES string of the molecule is CCSC1CCC(NCc2ccccc2C(=O)OC)C1. The Hall–Kier alpha value is -1.00. The standard InChI is InChI=1S/C16H23NO2S/c1-3-20-14-9-8-13(10-14)17-11-12-6-4-5-7-15(12)16(18)19-2/h4-7,13-14,17H,3,8-11H2,1-2H3. The Morgan fingerprint density at radius 2 is 2.20 bits per heavy atom. The molecule has 0 aromatic heterocycles. The van der Waals surface area contributed by atoms with Crippen molar-refractivity contribution in [2.45, 2.75) is 44.0 Å². The number of hydrogen-bond donors (Lipinski definition) is 1. The first kappa shape index (κ1) is 15.4. The Morgan fingerprint density at radius 3 is 2.95 bits per heavy atom. The van der Waals surface area contributed by atoms with Crippen LogP contribution in [0.15, 0.2) is 24.3 Å². The first-order valence-electron chi connectivity index (χ1n) is 7.25. The van der Waals surface area contributed by atoms with E-state index in [9.17, 15) is 4.79 Å². The van der Waals surface area contributed by atoms with Crippen LogP contribution in [0.1, 0.15) is 42.1 Å². The number of ether oxygens (including phenoxy) is 1. The molecule has 2 rings (SSSR count). The molecule has 1 fully saturated rings. The van der Waals surface area contributed by atoms with Gasteiger partial charge in [0.1, 0.15) is 0 Å². The van der Waals surface area contributed by atoms with Gasteiger partial charge in [-0.05, 0) is 36.6 Å². The van der Waals surface area contributed by atoms with Gasteiger partial charge in [-0.25, -0.2) is 4.79 Å². The van der Waals surface area contributed by atoms with Gasteiger partial charge in [-0.1, -0.05) is 25.1 Å². The van der Waals surface area contributed by atoms with Crippen molar-refractivity contribution in [1.82, 2.24) is 5.32 Å². The third-order valence-electron chi connectivity index (χ3n) is 3.79. The smallest absolute Gasteiger partial charge is 0.338 e. The molecule has 0 heterocycles. The molecule has 1 N–H and O–H groups in total.